The third-order valence-electron chi connectivity index (χ3n) is 3.33. The van der Waals surface area contributed by atoms with Gasteiger partial charge in [-0.2, -0.15) is 0 Å². The van der Waals surface area contributed by atoms with Gasteiger partial charge in [0.1, 0.15) is 5.01 Å². The first kappa shape index (κ1) is 13.5. The summed E-state index contributed by atoms with van der Waals surface area (Å²) in [5.74, 6) is 0. The van der Waals surface area contributed by atoms with Gasteiger partial charge in [-0.3, -0.25) is 10.1 Å². The SMILES string of the molecule is CNc1ccc(-c2nc3ccc([N+](=O)[O-])cc3s2)cc1C. The molecule has 2 aromatic carbocycles. The van der Waals surface area contributed by atoms with Crippen LogP contribution in [0.5, 0.6) is 0 Å². The lowest BCUT2D eigenvalue weighted by molar-refractivity contribution is -0.384. The number of hydrogen-bond donors (Lipinski definition) is 1. The highest BCUT2D eigenvalue weighted by Crippen LogP contribution is 2.33. The predicted molar refractivity (Wildman–Crippen MR) is 86.0 cm³/mol. The summed E-state index contributed by atoms with van der Waals surface area (Å²) in [5, 5.41) is 14.8. The summed E-state index contributed by atoms with van der Waals surface area (Å²) >= 11 is 1.47. The van der Waals surface area contributed by atoms with E-state index in [9.17, 15) is 10.1 Å². The minimum Gasteiger partial charge on any atom is -0.388 e. The number of thiazole rings is 1. The fourth-order valence-corrected chi connectivity index (χ4v) is 3.22. The highest BCUT2D eigenvalue weighted by atomic mass is 32.1. The number of anilines is 1. The Morgan fingerprint density at radius 2 is 2.05 bits per heavy atom. The summed E-state index contributed by atoms with van der Waals surface area (Å²) in [6.45, 7) is 2.04. The molecule has 1 N–H and O–H groups in total. The molecule has 1 heterocycles. The Bertz CT molecular complexity index is 842. The Labute approximate surface area is 125 Å². The lowest BCUT2D eigenvalue weighted by Crippen LogP contribution is -1.91. The number of aromatic nitrogens is 1. The van der Waals surface area contributed by atoms with E-state index in [1.54, 1.807) is 12.1 Å². The molecule has 3 rings (SSSR count). The summed E-state index contributed by atoms with van der Waals surface area (Å²) < 4.78 is 0.828. The summed E-state index contributed by atoms with van der Waals surface area (Å²) in [5.41, 5.74) is 4.13. The van der Waals surface area contributed by atoms with E-state index in [-0.39, 0.29) is 10.6 Å². The van der Waals surface area contributed by atoms with E-state index in [4.69, 9.17) is 0 Å². The van der Waals surface area contributed by atoms with Crippen molar-refractivity contribution >= 4 is 32.9 Å². The van der Waals surface area contributed by atoms with Crippen molar-refractivity contribution in [3.8, 4) is 10.6 Å². The van der Waals surface area contributed by atoms with E-state index < -0.39 is 0 Å². The molecule has 21 heavy (non-hydrogen) atoms. The van der Waals surface area contributed by atoms with Crippen LogP contribution < -0.4 is 5.32 Å². The standard InChI is InChI=1S/C15H13N3O2S/c1-9-7-10(3-5-12(9)16-2)15-17-13-6-4-11(18(19)20)8-14(13)21-15/h3-8,16H,1-2H3. The van der Waals surface area contributed by atoms with Gasteiger partial charge in [-0.05, 0) is 36.8 Å². The number of benzene rings is 2. The third-order valence-corrected chi connectivity index (χ3v) is 4.39. The Balaban J connectivity index is 2.08. The first-order chi connectivity index (χ1) is 10.1. The Kier molecular flexibility index (Phi) is 3.31. The maximum absolute atomic E-state index is 10.8. The molecule has 6 heteroatoms. The topological polar surface area (TPSA) is 68.1 Å². The molecule has 0 fully saturated rings. The van der Waals surface area contributed by atoms with Gasteiger partial charge in [0.25, 0.3) is 5.69 Å². The van der Waals surface area contributed by atoms with Crippen molar-refractivity contribution in [1.82, 2.24) is 4.98 Å². The molecule has 0 bridgehead atoms. The van der Waals surface area contributed by atoms with Crippen molar-refractivity contribution < 1.29 is 4.92 Å². The fourth-order valence-electron chi connectivity index (χ4n) is 2.23. The van der Waals surface area contributed by atoms with Crippen LogP contribution in [0.4, 0.5) is 11.4 Å². The van der Waals surface area contributed by atoms with Crippen LogP contribution in [0, 0.1) is 17.0 Å². The Morgan fingerprint density at radius 1 is 1.24 bits per heavy atom. The molecule has 0 aliphatic carbocycles. The van der Waals surface area contributed by atoms with Gasteiger partial charge in [-0.25, -0.2) is 4.98 Å². The number of nitrogens with zero attached hydrogens (tertiary/aromatic N) is 2. The van der Waals surface area contributed by atoms with Crippen molar-refractivity contribution in [3.63, 3.8) is 0 Å². The zero-order valence-corrected chi connectivity index (χ0v) is 12.4. The predicted octanol–water partition coefficient (Wildman–Crippen LogP) is 4.22. The molecule has 3 aromatic rings. The molecule has 0 aliphatic heterocycles. The number of aryl methyl sites for hydroxylation is 1. The van der Waals surface area contributed by atoms with Crippen molar-refractivity contribution in [2.45, 2.75) is 6.92 Å². The van der Waals surface area contributed by atoms with Gasteiger partial charge in [0.15, 0.2) is 0 Å². The van der Waals surface area contributed by atoms with E-state index in [2.05, 4.69) is 16.4 Å². The van der Waals surface area contributed by atoms with Gasteiger partial charge in [-0.15, -0.1) is 11.3 Å². The molecule has 0 saturated heterocycles. The summed E-state index contributed by atoms with van der Waals surface area (Å²) in [4.78, 5) is 15.0. The largest absolute Gasteiger partial charge is 0.388 e. The van der Waals surface area contributed by atoms with Gasteiger partial charge in [0.2, 0.25) is 0 Å². The highest BCUT2D eigenvalue weighted by molar-refractivity contribution is 7.21. The van der Waals surface area contributed by atoms with Crippen molar-refractivity contribution in [2.75, 3.05) is 12.4 Å². The zero-order chi connectivity index (χ0) is 15.0. The molecule has 0 spiro atoms. The molecular weight excluding hydrogens is 286 g/mol. The minimum absolute atomic E-state index is 0.0967. The van der Waals surface area contributed by atoms with Gasteiger partial charge in [0, 0.05) is 30.4 Å². The van der Waals surface area contributed by atoms with E-state index in [1.807, 2.05) is 26.1 Å². The van der Waals surface area contributed by atoms with Crippen LogP contribution in [0.15, 0.2) is 36.4 Å². The minimum atomic E-state index is -0.384. The second kappa shape index (κ2) is 5.14. The number of non-ortho nitro benzene ring substituents is 1. The molecular formula is C15H13N3O2S. The van der Waals surface area contributed by atoms with Crippen molar-refractivity contribution in [1.29, 1.82) is 0 Å². The molecule has 0 aliphatic rings. The van der Waals surface area contributed by atoms with Crippen molar-refractivity contribution in [2.24, 2.45) is 0 Å². The van der Waals surface area contributed by atoms with Crippen LogP contribution in [0.2, 0.25) is 0 Å². The van der Waals surface area contributed by atoms with E-state index in [1.165, 1.54) is 17.4 Å². The number of fused-ring (bicyclic) bond motifs is 1. The van der Waals surface area contributed by atoms with Crippen LogP contribution in [-0.2, 0) is 0 Å². The number of nitro benzene ring substituents is 1. The van der Waals surface area contributed by atoms with Gasteiger partial charge in [0.05, 0.1) is 15.1 Å². The van der Waals surface area contributed by atoms with E-state index in [0.29, 0.717) is 0 Å². The van der Waals surface area contributed by atoms with Crippen molar-refractivity contribution in [3.05, 3.63) is 52.1 Å². The zero-order valence-electron chi connectivity index (χ0n) is 11.6. The molecule has 106 valence electrons. The molecule has 0 unspecified atom stereocenters. The summed E-state index contributed by atoms with van der Waals surface area (Å²) in [7, 11) is 1.89. The first-order valence-electron chi connectivity index (χ1n) is 6.42. The van der Waals surface area contributed by atoms with Gasteiger partial charge in [-0.1, -0.05) is 0 Å². The summed E-state index contributed by atoms with van der Waals surface area (Å²) in [6.07, 6.45) is 0. The second-order valence-corrected chi connectivity index (χ2v) is 5.74. The number of hydrogen-bond acceptors (Lipinski definition) is 5. The van der Waals surface area contributed by atoms with Gasteiger partial charge < -0.3 is 5.32 Å². The van der Waals surface area contributed by atoms with Crippen LogP contribution in [0.25, 0.3) is 20.8 Å². The quantitative estimate of drug-likeness (QED) is 0.580. The highest BCUT2D eigenvalue weighted by Gasteiger charge is 2.11. The molecule has 0 saturated carbocycles. The fraction of sp³-hybridized carbons (Fsp3) is 0.133. The van der Waals surface area contributed by atoms with Crippen LogP contribution in [0.3, 0.4) is 0 Å². The lowest BCUT2D eigenvalue weighted by Gasteiger charge is -2.05. The molecule has 5 nitrogen and oxygen atoms in total. The third kappa shape index (κ3) is 2.45. The normalized spacial score (nSPS) is 10.8. The number of nitro groups is 1. The maximum atomic E-state index is 10.8. The Hall–Kier alpha value is -2.47. The maximum Gasteiger partial charge on any atom is 0.270 e. The smallest absolute Gasteiger partial charge is 0.270 e. The number of rotatable bonds is 3. The summed E-state index contributed by atoms with van der Waals surface area (Å²) in [6, 6.07) is 10.8. The lowest BCUT2D eigenvalue weighted by atomic mass is 10.1. The van der Waals surface area contributed by atoms with Crippen LogP contribution in [-0.4, -0.2) is 17.0 Å². The van der Waals surface area contributed by atoms with E-state index >= 15 is 0 Å². The molecule has 0 atom stereocenters. The van der Waals surface area contributed by atoms with Crippen LogP contribution in [0.1, 0.15) is 5.56 Å². The van der Waals surface area contributed by atoms with Crippen LogP contribution >= 0.6 is 11.3 Å². The van der Waals surface area contributed by atoms with E-state index in [0.717, 1.165) is 32.0 Å². The van der Waals surface area contributed by atoms with Gasteiger partial charge >= 0.3 is 0 Å². The second-order valence-electron chi connectivity index (χ2n) is 4.71. The molecule has 0 amide bonds. The first-order valence-corrected chi connectivity index (χ1v) is 7.24. The molecule has 1 aromatic heterocycles. The average molecular weight is 299 g/mol. The monoisotopic (exact) mass is 299 g/mol. The Morgan fingerprint density at radius 3 is 2.71 bits per heavy atom. The average Bonchev–Trinajstić information content (AvgIpc) is 2.89. The molecule has 0 radical (unpaired) electrons. The number of nitrogens with one attached hydrogen (secondary N) is 1.